The Balaban J connectivity index is 0.00000312. The van der Waals surface area contributed by atoms with Crippen LogP contribution < -0.4 is 16.0 Å². The zero-order valence-corrected chi connectivity index (χ0v) is 18.0. The highest BCUT2D eigenvalue weighted by atomic mass is 127. The number of guanidine groups is 1. The van der Waals surface area contributed by atoms with Gasteiger partial charge in [0.2, 0.25) is 5.91 Å². The molecule has 1 saturated carbocycles. The number of amides is 1. The van der Waals surface area contributed by atoms with E-state index >= 15 is 0 Å². The molecule has 0 aliphatic heterocycles. The van der Waals surface area contributed by atoms with Gasteiger partial charge in [0.15, 0.2) is 5.96 Å². The van der Waals surface area contributed by atoms with E-state index in [-0.39, 0.29) is 29.9 Å². The summed E-state index contributed by atoms with van der Waals surface area (Å²) >= 11 is 6.07. The van der Waals surface area contributed by atoms with E-state index in [0.29, 0.717) is 24.0 Å². The average molecular weight is 479 g/mol. The predicted octanol–water partition coefficient (Wildman–Crippen LogP) is 4.09. The zero-order valence-electron chi connectivity index (χ0n) is 14.9. The van der Waals surface area contributed by atoms with Crippen molar-refractivity contribution in [3.8, 4) is 0 Å². The summed E-state index contributed by atoms with van der Waals surface area (Å²) in [5, 5.41) is 10.2. The molecule has 0 unspecified atom stereocenters. The molecule has 2 rings (SSSR count). The molecule has 0 bridgehead atoms. The van der Waals surface area contributed by atoms with Crippen molar-refractivity contribution in [2.24, 2.45) is 4.99 Å². The van der Waals surface area contributed by atoms with Gasteiger partial charge in [-0.2, -0.15) is 0 Å². The summed E-state index contributed by atoms with van der Waals surface area (Å²) in [6.07, 6.45) is 6.63. The Labute approximate surface area is 172 Å². The molecule has 25 heavy (non-hydrogen) atoms. The molecule has 1 aromatic rings. The van der Waals surface area contributed by atoms with Crippen LogP contribution in [0.3, 0.4) is 0 Å². The molecule has 1 amide bonds. The van der Waals surface area contributed by atoms with Gasteiger partial charge in [-0.15, -0.1) is 24.0 Å². The predicted molar refractivity (Wildman–Crippen MR) is 116 cm³/mol. The highest BCUT2D eigenvalue weighted by Gasteiger charge is 2.14. The topological polar surface area (TPSA) is 65.5 Å². The lowest BCUT2D eigenvalue weighted by Gasteiger charge is -2.24. The van der Waals surface area contributed by atoms with E-state index in [4.69, 9.17) is 11.6 Å². The Kier molecular flexibility index (Phi) is 10.2. The lowest BCUT2D eigenvalue weighted by Crippen LogP contribution is -2.44. The molecule has 1 aromatic carbocycles. The molecule has 7 heteroatoms. The van der Waals surface area contributed by atoms with E-state index in [1.54, 1.807) is 7.05 Å². The molecule has 1 aliphatic carbocycles. The van der Waals surface area contributed by atoms with Gasteiger partial charge in [0.1, 0.15) is 0 Å². The minimum absolute atomic E-state index is 0. The van der Waals surface area contributed by atoms with Gasteiger partial charge >= 0.3 is 0 Å². The van der Waals surface area contributed by atoms with Crippen molar-refractivity contribution in [3.63, 3.8) is 0 Å². The smallest absolute Gasteiger partial charge is 0.226 e. The number of nitrogens with one attached hydrogen (secondary N) is 3. The van der Waals surface area contributed by atoms with E-state index in [1.807, 2.05) is 25.1 Å². The molecule has 140 valence electrons. The van der Waals surface area contributed by atoms with Crippen molar-refractivity contribution < 1.29 is 4.79 Å². The SMILES string of the molecule is CN=C(NCCC(=O)Nc1cccc(Cl)c1C)NC1CCCCC1.I. The summed E-state index contributed by atoms with van der Waals surface area (Å²) in [5.74, 6) is 0.731. The minimum Gasteiger partial charge on any atom is -0.356 e. The number of aliphatic imine (C=N–C) groups is 1. The molecule has 1 fully saturated rings. The van der Waals surface area contributed by atoms with E-state index in [0.717, 1.165) is 17.2 Å². The standard InChI is InChI=1S/C18H27ClN4O.HI/c1-13-15(19)9-6-10-16(13)23-17(24)11-12-21-18(20-2)22-14-7-4-3-5-8-14;/h6,9-10,14H,3-5,7-8,11-12H2,1-2H3,(H,23,24)(H2,20,21,22);1H. The summed E-state index contributed by atoms with van der Waals surface area (Å²) < 4.78 is 0. The number of halogens is 2. The van der Waals surface area contributed by atoms with Gasteiger partial charge in [0, 0.05) is 36.8 Å². The summed E-state index contributed by atoms with van der Waals surface area (Å²) in [7, 11) is 1.76. The van der Waals surface area contributed by atoms with Crippen LogP contribution in [0.25, 0.3) is 0 Å². The Hall–Kier alpha value is -1.02. The normalized spacial score (nSPS) is 15.2. The van der Waals surface area contributed by atoms with E-state index in [2.05, 4.69) is 20.9 Å². The molecule has 0 atom stereocenters. The van der Waals surface area contributed by atoms with Gasteiger partial charge in [0.25, 0.3) is 0 Å². The molecule has 0 aromatic heterocycles. The first kappa shape index (κ1) is 22.0. The number of carbonyl (C=O) groups is 1. The van der Waals surface area contributed by atoms with Crippen LogP contribution in [0.2, 0.25) is 5.02 Å². The number of carbonyl (C=O) groups excluding carboxylic acids is 1. The number of nitrogens with zero attached hydrogens (tertiary/aromatic N) is 1. The quantitative estimate of drug-likeness (QED) is 0.339. The highest BCUT2D eigenvalue weighted by Crippen LogP contribution is 2.22. The fourth-order valence-electron chi connectivity index (χ4n) is 2.88. The van der Waals surface area contributed by atoms with Crippen molar-refractivity contribution >= 4 is 53.1 Å². The number of benzene rings is 1. The first-order valence-electron chi connectivity index (χ1n) is 8.62. The van der Waals surface area contributed by atoms with Gasteiger partial charge in [-0.05, 0) is 37.5 Å². The molecular weight excluding hydrogens is 451 g/mol. The second kappa shape index (κ2) is 11.6. The van der Waals surface area contributed by atoms with E-state index in [1.165, 1.54) is 32.1 Å². The summed E-state index contributed by atoms with van der Waals surface area (Å²) in [4.78, 5) is 16.3. The van der Waals surface area contributed by atoms with Gasteiger partial charge in [-0.3, -0.25) is 9.79 Å². The Bertz CT molecular complexity index is 588. The van der Waals surface area contributed by atoms with Gasteiger partial charge in [-0.25, -0.2) is 0 Å². The first-order valence-corrected chi connectivity index (χ1v) is 9.00. The molecule has 0 saturated heterocycles. The van der Waals surface area contributed by atoms with Crippen LogP contribution >= 0.6 is 35.6 Å². The lowest BCUT2D eigenvalue weighted by molar-refractivity contribution is -0.116. The van der Waals surface area contributed by atoms with Crippen LogP contribution in [0.5, 0.6) is 0 Å². The lowest BCUT2D eigenvalue weighted by atomic mass is 9.96. The third kappa shape index (κ3) is 7.40. The van der Waals surface area contributed by atoms with E-state index < -0.39 is 0 Å². The molecule has 0 radical (unpaired) electrons. The fourth-order valence-corrected chi connectivity index (χ4v) is 3.06. The number of rotatable bonds is 5. The van der Waals surface area contributed by atoms with Crippen molar-refractivity contribution in [2.75, 3.05) is 18.9 Å². The third-order valence-corrected chi connectivity index (χ3v) is 4.77. The molecular formula is C18H28ClIN4O. The van der Waals surface area contributed by atoms with Crippen molar-refractivity contribution in [3.05, 3.63) is 28.8 Å². The van der Waals surface area contributed by atoms with E-state index in [9.17, 15) is 4.79 Å². The second-order valence-electron chi connectivity index (χ2n) is 6.19. The zero-order chi connectivity index (χ0) is 17.4. The van der Waals surface area contributed by atoms with Crippen LogP contribution in [-0.2, 0) is 4.79 Å². The fraction of sp³-hybridized carbons (Fsp3) is 0.556. The average Bonchev–Trinajstić information content (AvgIpc) is 2.59. The number of anilines is 1. The van der Waals surface area contributed by atoms with Gasteiger partial charge in [-0.1, -0.05) is 36.9 Å². The van der Waals surface area contributed by atoms with Gasteiger partial charge < -0.3 is 16.0 Å². The second-order valence-corrected chi connectivity index (χ2v) is 6.60. The van der Waals surface area contributed by atoms with Crippen molar-refractivity contribution in [1.29, 1.82) is 0 Å². The van der Waals surface area contributed by atoms with Crippen molar-refractivity contribution in [1.82, 2.24) is 10.6 Å². The Morgan fingerprint density at radius 3 is 2.68 bits per heavy atom. The maximum absolute atomic E-state index is 12.1. The van der Waals surface area contributed by atoms with Gasteiger partial charge in [0.05, 0.1) is 0 Å². The van der Waals surface area contributed by atoms with Crippen LogP contribution in [-0.4, -0.2) is 31.5 Å². The van der Waals surface area contributed by atoms with Crippen LogP contribution in [0.15, 0.2) is 23.2 Å². The van der Waals surface area contributed by atoms with Crippen LogP contribution in [0, 0.1) is 6.92 Å². The maximum atomic E-state index is 12.1. The molecule has 0 spiro atoms. The number of hydrogen-bond acceptors (Lipinski definition) is 2. The number of hydrogen-bond donors (Lipinski definition) is 3. The molecule has 1 aliphatic rings. The summed E-state index contributed by atoms with van der Waals surface area (Å²) in [5.41, 5.74) is 1.65. The largest absolute Gasteiger partial charge is 0.356 e. The Morgan fingerprint density at radius 2 is 2.00 bits per heavy atom. The third-order valence-electron chi connectivity index (χ3n) is 4.36. The van der Waals surface area contributed by atoms with Crippen molar-refractivity contribution in [2.45, 2.75) is 51.5 Å². The Morgan fingerprint density at radius 1 is 1.28 bits per heavy atom. The van der Waals surface area contributed by atoms with Crippen LogP contribution in [0.1, 0.15) is 44.1 Å². The highest BCUT2D eigenvalue weighted by molar-refractivity contribution is 14.0. The molecule has 3 N–H and O–H groups in total. The van der Waals surface area contributed by atoms with Crippen LogP contribution in [0.4, 0.5) is 5.69 Å². The molecule has 5 nitrogen and oxygen atoms in total. The minimum atomic E-state index is -0.0408. The molecule has 0 heterocycles. The monoisotopic (exact) mass is 478 g/mol. The first-order chi connectivity index (χ1) is 11.6. The maximum Gasteiger partial charge on any atom is 0.226 e. The summed E-state index contributed by atoms with van der Waals surface area (Å²) in [6.45, 7) is 2.43. The summed E-state index contributed by atoms with van der Waals surface area (Å²) in [6, 6.07) is 6.00.